The van der Waals surface area contributed by atoms with Gasteiger partial charge in [-0.05, 0) is 84.2 Å². The number of carbonyl (C=O) groups is 1. The van der Waals surface area contributed by atoms with Crippen LogP contribution < -0.4 is 10.0 Å². The zero-order chi connectivity index (χ0) is 19.9. The molecule has 0 saturated heterocycles. The Labute approximate surface area is 174 Å². The molecule has 2 rings (SSSR count). The molecule has 1 amide bonds. The van der Waals surface area contributed by atoms with Gasteiger partial charge in [0.1, 0.15) is 0 Å². The quantitative estimate of drug-likeness (QED) is 0.518. The van der Waals surface area contributed by atoms with E-state index in [1.807, 2.05) is 0 Å². The SMILES string of the molecule is CCN(CC)CCNC(=O)c1ccc(NS(=O)(=O)c2ccc(I)cc2)cc1. The van der Waals surface area contributed by atoms with Gasteiger partial charge in [-0.3, -0.25) is 9.52 Å². The minimum Gasteiger partial charge on any atom is -0.351 e. The first-order valence-corrected chi connectivity index (χ1v) is 11.3. The molecule has 2 N–H and O–H groups in total. The summed E-state index contributed by atoms with van der Waals surface area (Å²) in [6, 6.07) is 13.0. The van der Waals surface area contributed by atoms with E-state index in [0.29, 0.717) is 17.8 Å². The highest BCUT2D eigenvalue weighted by Gasteiger charge is 2.14. The van der Waals surface area contributed by atoms with E-state index in [-0.39, 0.29) is 10.8 Å². The van der Waals surface area contributed by atoms with Gasteiger partial charge in [-0.25, -0.2) is 8.42 Å². The molecule has 0 radical (unpaired) electrons. The molecule has 0 aliphatic carbocycles. The first-order valence-electron chi connectivity index (χ1n) is 8.74. The summed E-state index contributed by atoms with van der Waals surface area (Å²) in [5.41, 5.74) is 0.903. The molecular weight excluding hydrogens is 477 g/mol. The number of halogens is 1. The van der Waals surface area contributed by atoms with Gasteiger partial charge in [-0.2, -0.15) is 0 Å². The standard InChI is InChI=1S/C19H24IN3O3S/c1-3-23(4-2)14-13-21-19(24)15-5-9-17(10-6-15)22-27(25,26)18-11-7-16(20)8-12-18/h5-12,22H,3-4,13-14H2,1-2H3,(H,21,24). The summed E-state index contributed by atoms with van der Waals surface area (Å²) in [7, 11) is -3.65. The number of hydrogen-bond acceptors (Lipinski definition) is 4. The lowest BCUT2D eigenvalue weighted by atomic mass is 10.2. The van der Waals surface area contributed by atoms with Crippen molar-refractivity contribution in [3.8, 4) is 0 Å². The average Bonchev–Trinajstić information content (AvgIpc) is 2.66. The number of anilines is 1. The second kappa shape index (κ2) is 10.0. The van der Waals surface area contributed by atoms with Crippen molar-refractivity contribution in [1.29, 1.82) is 0 Å². The zero-order valence-electron chi connectivity index (χ0n) is 15.4. The van der Waals surface area contributed by atoms with E-state index in [0.717, 1.165) is 23.2 Å². The molecule has 0 aliphatic rings. The first-order chi connectivity index (χ1) is 12.9. The molecule has 0 spiro atoms. The predicted octanol–water partition coefficient (Wildman–Crippen LogP) is 3.16. The molecule has 0 saturated carbocycles. The molecule has 0 fully saturated rings. The molecule has 0 bridgehead atoms. The van der Waals surface area contributed by atoms with Crippen LogP contribution in [0.2, 0.25) is 0 Å². The monoisotopic (exact) mass is 501 g/mol. The van der Waals surface area contributed by atoms with Crippen LogP contribution >= 0.6 is 22.6 Å². The highest BCUT2D eigenvalue weighted by molar-refractivity contribution is 14.1. The molecule has 8 heteroatoms. The number of hydrogen-bond donors (Lipinski definition) is 2. The summed E-state index contributed by atoms with van der Waals surface area (Å²) >= 11 is 2.12. The molecule has 2 aromatic carbocycles. The maximum Gasteiger partial charge on any atom is 0.261 e. The Morgan fingerprint density at radius 2 is 1.59 bits per heavy atom. The van der Waals surface area contributed by atoms with Gasteiger partial charge < -0.3 is 10.2 Å². The zero-order valence-corrected chi connectivity index (χ0v) is 18.4. The molecular formula is C19H24IN3O3S. The van der Waals surface area contributed by atoms with Crippen LogP contribution in [0.1, 0.15) is 24.2 Å². The number of nitrogens with zero attached hydrogens (tertiary/aromatic N) is 1. The van der Waals surface area contributed by atoms with Crippen LogP contribution in [0.25, 0.3) is 0 Å². The molecule has 6 nitrogen and oxygen atoms in total. The highest BCUT2D eigenvalue weighted by Crippen LogP contribution is 2.17. The van der Waals surface area contributed by atoms with Gasteiger partial charge in [0.2, 0.25) is 0 Å². The van der Waals surface area contributed by atoms with Crippen molar-refractivity contribution in [2.45, 2.75) is 18.7 Å². The van der Waals surface area contributed by atoms with Crippen molar-refractivity contribution in [3.63, 3.8) is 0 Å². The number of benzene rings is 2. The predicted molar refractivity (Wildman–Crippen MR) is 117 cm³/mol. The number of rotatable bonds is 9. The third kappa shape index (κ3) is 6.47. The summed E-state index contributed by atoms with van der Waals surface area (Å²) in [6.07, 6.45) is 0. The molecule has 27 heavy (non-hydrogen) atoms. The fraction of sp³-hybridized carbons (Fsp3) is 0.316. The Hall–Kier alpha value is -1.65. The minimum absolute atomic E-state index is 0.172. The number of nitrogens with one attached hydrogen (secondary N) is 2. The molecule has 146 valence electrons. The number of sulfonamides is 1. The van der Waals surface area contributed by atoms with Crippen molar-refractivity contribution in [2.24, 2.45) is 0 Å². The maximum atomic E-state index is 12.4. The van der Waals surface area contributed by atoms with Crippen LogP contribution in [0.15, 0.2) is 53.4 Å². The Morgan fingerprint density at radius 3 is 2.15 bits per heavy atom. The Morgan fingerprint density at radius 1 is 1.00 bits per heavy atom. The first kappa shape index (κ1) is 21.6. The van der Waals surface area contributed by atoms with E-state index in [2.05, 4.69) is 51.4 Å². The van der Waals surface area contributed by atoms with Crippen molar-refractivity contribution < 1.29 is 13.2 Å². The van der Waals surface area contributed by atoms with Crippen LogP contribution in [-0.2, 0) is 10.0 Å². The normalized spacial score (nSPS) is 11.4. The lowest BCUT2D eigenvalue weighted by Crippen LogP contribution is -2.34. The van der Waals surface area contributed by atoms with E-state index in [4.69, 9.17) is 0 Å². The van der Waals surface area contributed by atoms with E-state index in [1.54, 1.807) is 48.5 Å². The number of carbonyl (C=O) groups excluding carboxylic acids is 1. The third-order valence-corrected chi connectivity index (χ3v) is 6.25. The molecule has 0 aliphatic heterocycles. The molecule has 2 aromatic rings. The molecule has 0 atom stereocenters. The van der Waals surface area contributed by atoms with E-state index >= 15 is 0 Å². The molecule has 0 heterocycles. The average molecular weight is 501 g/mol. The lowest BCUT2D eigenvalue weighted by Gasteiger charge is -2.18. The van der Waals surface area contributed by atoms with E-state index in [1.165, 1.54) is 0 Å². The van der Waals surface area contributed by atoms with Gasteiger partial charge in [0.15, 0.2) is 0 Å². The molecule has 0 unspecified atom stereocenters. The van der Waals surface area contributed by atoms with Gasteiger partial charge in [-0.15, -0.1) is 0 Å². The Bertz CT molecular complexity index is 849. The van der Waals surface area contributed by atoms with Crippen LogP contribution in [0.5, 0.6) is 0 Å². The summed E-state index contributed by atoms with van der Waals surface area (Å²) in [5, 5.41) is 2.88. The third-order valence-electron chi connectivity index (χ3n) is 4.13. The van der Waals surface area contributed by atoms with Gasteiger partial charge in [0.25, 0.3) is 15.9 Å². The summed E-state index contributed by atoms with van der Waals surface area (Å²) in [4.78, 5) is 14.6. The van der Waals surface area contributed by atoms with Crippen LogP contribution in [0, 0.1) is 3.57 Å². The number of amides is 1. The van der Waals surface area contributed by atoms with E-state index < -0.39 is 10.0 Å². The van der Waals surface area contributed by atoms with Crippen molar-refractivity contribution in [2.75, 3.05) is 30.9 Å². The van der Waals surface area contributed by atoms with Crippen LogP contribution in [0.3, 0.4) is 0 Å². The second-order valence-electron chi connectivity index (χ2n) is 5.92. The van der Waals surface area contributed by atoms with Gasteiger partial charge >= 0.3 is 0 Å². The summed E-state index contributed by atoms with van der Waals surface area (Å²) < 4.78 is 28.3. The largest absolute Gasteiger partial charge is 0.351 e. The topological polar surface area (TPSA) is 78.5 Å². The van der Waals surface area contributed by atoms with E-state index in [9.17, 15) is 13.2 Å². The smallest absolute Gasteiger partial charge is 0.261 e. The fourth-order valence-electron chi connectivity index (χ4n) is 2.49. The van der Waals surface area contributed by atoms with Gasteiger partial charge in [0.05, 0.1) is 4.90 Å². The fourth-order valence-corrected chi connectivity index (χ4v) is 3.91. The maximum absolute atomic E-state index is 12.4. The minimum atomic E-state index is -3.65. The Balaban J connectivity index is 1.96. The van der Waals surface area contributed by atoms with Crippen LogP contribution in [-0.4, -0.2) is 45.4 Å². The number of likely N-dealkylation sites (N-methyl/N-ethyl adjacent to an activating group) is 1. The molecule has 0 aromatic heterocycles. The van der Waals surface area contributed by atoms with Crippen molar-refractivity contribution in [1.82, 2.24) is 10.2 Å². The summed E-state index contributed by atoms with van der Waals surface area (Å²) in [6.45, 7) is 7.43. The Kier molecular flexibility index (Phi) is 8.06. The van der Waals surface area contributed by atoms with Crippen molar-refractivity contribution >= 4 is 44.2 Å². The van der Waals surface area contributed by atoms with Gasteiger partial charge in [-0.1, -0.05) is 13.8 Å². The van der Waals surface area contributed by atoms with Crippen molar-refractivity contribution in [3.05, 3.63) is 57.7 Å². The highest BCUT2D eigenvalue weighted by atomic mass is 127. The lowest BCUT2D eigenvalue weighted by molar-refractivity contribution is 0.0949. The van der Waals surface area contributed by atoms with Crippen LogP contribution in [0.4, 0.5) is 5.69 Å². The summed E-state index contributed by atoms with van der Waals surface area (Å²) in [5.74, 6) is -0.172. The van der Waals surface area contributed by atoms with Gasteiger partial charge in [0, 0.05) is 27.9 Å². The second-order valence-corrected chi connectivity index (χ2v) is 8.85.